The number of benzene rings is 11. The van der Waals surface area contributed by atoms with Crippen molar-refractivity contribution in [3.8, 4) is 61.3 Å². The van der Waals surface area contributed by atoms with Gasteiger partial charge in [-0.2, -0.15) is 0 Å². The van der Waals surface area contributed by atoms with Gasteiger partial charge in [0.2, 0.25) is 0 Å². The molecule has 0 fully saturated rings. The van der Waals surface area contributed by atoms with Crippen molar-refractivity contribution in [2.45, 2.75) is 0 Å². The second kappa shape index (κ2) is 16.8. The summed E-state index contributed by atoms with van der Waals surface area (Å²) in [6.45, 7) is 0. The molecule has 0 atom stereocenters. The number of fused-ring (bicyclic) bond motifs is 4. The first-order chi connectivity index (χ1) is 32.8. The quantitative estimate of drug-likeness (QED) is 0.141. The molecule has 1 heterocycles. The van der Waals surface area contributed by atoms with Gasteiger partial charge in [-0.3, -0.25) is 0 Å². The zero-order valence-electron chi connectivity index (χ0n) is 36.3. The minimum Gasteiger partial charge on any atom is -0.310 e. The highest BCUT2D eigenvalue weighted by Gasteiger charge is 2.23. The van der Waals surface area contributed by atoms with Crippen LogP contribution in [0.2, 0.25) is 0 Å². The molecule has 2 nitrogen and oxygen atoms in total. The number of nitrogens with zero attached hydrogens (tertiary/aromatic N) is 2. The number of para-hydroxylation sites is 3. The highest BCUT2D eigenvalue weighted by atomic mass is 15.1. The van der Waals surface area contributed by atoms with E-state index in [-0.39, 0.29) is 0 Å². The van der Waals surface area contributed by atoms with Gasteiger partial charge < -0.3 is 9.47 Å². The Kier molecular flexibility index (Phi) is 9.89. The fraction of sp³-hybridized carbons (Fsp3) is 0. The summed E-state index contributed by atoms with van der Waals surface area (Å²) in [6, 6.07) is 97.0. The molecule has 0 bridgehead atoms. The minimum absolute atomic E-state index is 1.06. The average Bonchev–Trinajstić information content (AvgIpc) is 3.74. The van der Waals surface area contributed by atoms with Crippen LogP contribution in [0.1, 0.15) is 0 Å². The molecular formula is C64H44N2. The van der Waals surface area contributed by atoms with Crippen LogP contribution in [0, 0.1) is 0 Å². The van der Waals surface area contributed by atoms with Crippen LogP contribution in [-0.4, -0.2) is 4.57 Å². The predicted octanol–water partition coefficient (Wildman–Crippen LogP) is 17.7. The van der Waals surface area contributed by atoms with E-state index in [0.29, 0.717) is 0 Å². The molecule has 0 spiro atoms. The second-order valence-corrected chi connectivity index (χ2v) is 16.9. The molecule has 0 radical (unpaired) electrons. The fourth-order valence-electron chi connectivity index (χ4n) is 9.93. The third-order valence-electron chi connectivity index (χ3n) is 13.0. The van der Waals surface area contributed by atoms with E-state index in [0.717, 1.165) is 56.1 Å². The maximum absolute atomic E-state index is 2.44. The zero-order valence-corrected chi connectivity index (χ0v) is 36.3. The molecule has 0 unspecified atom stereocenters. The van der Waals surface area contributed by atoms with Crippen molar-refractivity contribution in [3.63, 3.8) is 0 Å². The predicted molar refractivity (Wildman–Crippen MR) is 280 cm³/mol. The van der Waals surface area contributed by atoms with Gasteiger partial charge in [0.15, 0.2) is 0 Å². The third kappa shape index (κ3) is 6.93. The maximum atomic E-state index is 2.44. The lowest BCUT2D eigenvalue weighted by Gasteiger charge is -2.30. The Bertz CT molecular complexity index is 3620. The molecular weight excluding hydrogens is 797 g/mol. The van der Waals surface area contributed by atoms with Crippen LogP contribution in [-0.2, 0) is 0 Å². The molecule has 0 aliphatic heterocycles. The van der Waals surface area contributed by atoms with Crippen LogP contribution < -0.4 is 4.90 Å². The van der Waals surface area contributed by atoms with Gasteiger partial charge in [0, 0.05) is 33.3 Å². The van der Waals surface area contributed by atoms with Gasteiger partial charge in [-0.15, -0.1) is 0 Å². The Labute approximate surface area is 385 Å². The van der Waals surface area contributed by atoms with Gasteiger partial charge in [0.05, 0.1) is 22.4 Å². The number of aromatic nitrogens is 1. The van der Waals surface area contributed by atoms with Crippen LogP contribution in [0.3, 0.4) is 0 Å². The lowest BCUT2D eigenvalue weighted by molar-refractivity contribution is 1.18. The van der Waals surface area contributed by atoms with Gasteiger partial charge in [-0.05, 0) is 110 Å². The molecule has 0 aliphatic carbocycles. The molecule has 11 aromatic carbocycles. The first-order valence-corrected chi connectivity index (χ1v) is 22.7. The van der Waals surface area contributed by atoms with Gasteiger partial charge in [-0.25, -0.2) is 0 Å². The number of hydrogen-bond donors (Lipinski definition) is 0. The molecule has 66 heavy (non-hydrogen) atoms. The normalized spacial score (nSPS) is 11.3. The van der Waals surface area contributed by atoms with Gasteiger partial charge in [-0.1, -0.05) is 212 Å². The van der Waals surface area contributed by atoms with Crippen molar-refractivity contribution in [1.29, 1.82) is 0 Å². The Morgan fingerprint density at radius 1 is 0.258 bits per heavy atom. The Morgan fingerprint density at radius 3 is 1.45 bits per heavy atom. The van der Waals surface area contributed by atoms with Crippen molar-refractivity contribution in [2.75, 3.05) is 4.90 Å². The molecule has 0 amide bonds. The van der Waals surface area contributed by atoms with E-state index in [1.165, 1.54) is 54.8 Å². The molecule has 0 saturated heterocycles. The van der Waals surface area contributed by atoms with Gasteiger partial charge in [0.25, 0.3) is 0 Å². The number of hydrogen-bond acceptors (Lipinski definition) is 1. The summed E-state index contributed by atoms with van der Waals surface area (Å²) in [5.74, 6) is 0. The van der Waals surface area contributed by atoms with E-state index < -0.39 is 0 Å². The highest BCUT2D eigenvalue weighted by Crippen LogP contribution is 2.47. The summed E-state index contributed by atoms with van der Waals surface area (Å²) in [7, 11) is 0. The maximum Gasteiger partial charge on any atom is 0.0541 e. The van der Waals surface area contributed by atoms with Crippen molar-refractivity contribution < 1.29 is 0 Å². The largest absolute Gasteiger partial charge is 0.310 e. The highest BCUT2D eigenvalue weighted by molar-refractivity contribution is 6.10. The molecule has 2 heteroatoms. The molecule has 12 rings (SSSR count). The molecule has 0 N–H and O–H groups in total. The van der Waals surface area contributed by atoms with Crippen molar-refractivity contribution in [2.24, 2.45) is 0 Å². The van der Waals surface area contributed by atoms with E-state index in [4.69, 9.17) is 0 Å². The molecule has 0 aliphatic rings. The first-order valence-electron chi connectivity index (χ1n) is 22.7. The van der Waals surface area contributed by atoms with Gasteiger partial charge in [0.1, 0.15) is 0 Å². The van der Waals surface area contributed by atoms with E-state index in [9.17, 15) is 0 Å². The Morgan fingerprint density at radius 2 is 0.758 bits per heavy atom. The van der Waals surface area contributed by atoms with Crippen LogP contribution in [0.4, 0.5) is 17.1 Å². The van der Waals surface area contributed by atoms with Crippen LogP contribution in [0.25, 0.3) is 93.9 Å². The molecule has 12 aromatic rings. The summed E-state index contributed by atoms with van der Waals surface area (Å²) in [5, 5.41) is 4.96. The molecule has 310 valence electrons. The monoisotopic (exact) mass is 840 g/mol. The molecule has 1 aromatic heterocycles. The van der Waals surface area contributed by atoms with Crippen molar-refractivity contribution in [1.82, 2.24) is 4.57 Å². The SMILES string of the molecule is c1ccc(-c2ccc(N(c3ccc(-c4ccccc4-n4c5ccccc5c5ccccc54)c(-c4ccccc4)c3)c3ccc(-c4cccc5ccccc45)cc3-c3ccccc3)cc2)cc1. The second-order valence-electron chi connectivity index (χ2n) is 16.9. The van der Waals surface area contributed by atoms with Crippen LogP contribution in [0.15, 0.2) is 267 Å². The Hall–Kier alpha value is -8.72. The molecule has 0 saturated carbocycles. The summed E-state index contributed by atoms with van der Waals surface area (Å²) < 4.78 is 2.44. The smallest absolute Gasteiger partial charge is 0.0541 e. The summed E-state index contributed by atoms with van der Waals surface area (Å²) >= 11 is 0. The van der Waals surface area contributed by atoms with E-state index >= 15 is 0 Å². The zero-order chi connectivity index (χ0) is 43.8. The van der Waals surface area contributed by atoms with Crippen LogP contribution >= 0.6 is 0 Å². The summed E-state index contributed by atoms with van der Waals surface area (Å²) in [6.07, 6.45) is 0. The number of rotatable bonds is 9. The van der Waals surface area contributed by atoms with Gasteiger partial charge >= 0.3 is 0 Å². The van der Waals surface area contributed by atoms with Crippen molar-refractivity contribution in [3.05, 3.63) is 267 Å². The summed E-state index contributed by atoms with van der Waals surface area (Å²) in [4.78, 5) is 2.44. The topological polar surface area (TPSA) is 8.17 Å². The van der Waals surface area contributed by atoms with E-state index in [1.807, 2.05) is 0 Å². The lowest BCUT2D eigenvalue weighted by Crippen LogP contribution is -2.12. The lowest BCUT2D eigenvalue weighted by atomic mass is 9.91. The first kappa shape index (κ1) is 38.9. The fourth-order valence-corrected chi connectivity index (χ4v) is 9.93. The summed E-state index contributed by atoms with van der Waals surface area (Å²) in [5.41, 5.74) is 18.4. The average molecular weight is 841 g/mol. The third-order valence-corrected chi connectivity index (χ3v) is 13.0. The Balaban J connectivity index is 1.09. The van der Waals surface area contributed by atoms with E-state index in [2.05, 4.69) is 276 Å². The number of anilines is 3. The van der Waals surface area contributed by atoms with E-state index in [1.54, 1.807) is 0 Å². The van der Waals surface area contributed by atoms with Crippen molar-refractivity contribution >= 4 is 49.6 Å². The van der Waals surface area contributed by atoms with Crippen LogP contribution in [0.5, 0.6) is 0 Å². The minimum atomic E-state index is 1.06. The standard InChI is InChI=1S/C64H44N2/c1-4-19-45(20-5-1)46-35-38-51(39-36-46)65(64-42-37-50(43-60(64)49-23-8-3-9-24-49)54-31-18-26-47-25-10-11-27-53(47)54)52-40-41-55(59(44-52)48-21-6-2-7-22-48)56-28-12-15-32-61(56)66-62-33-16-13-29-57(62)58-30-14-17-34-63(58)66/h1-44H.